The van der Waals surface area contributed by atoms with Crippen LogP contribution in [0.2, 0.25) is 0 Å². The maximum atomic E-state index is 12.7. The van der Waals surface area contributed by atoms with Gasteiger partial charge in [0.1, 0.15) is 5.82 Å². The molecule has 0 saturated carbocycles. The first-order chi connectivity index (χ1) is 14.2. The molecule has 3 heterocycles. The predicted molar refractivity (Wildman–Crippen MR) is 105 cm³/mol. The quantitative estimate of drug-likeness (QED) is 0.685. The summed E-state index contributed by atoms with van der Waals surface area (Å²) in [5.41, 5.74) is 1.77. The van der Waals surface area contributed by atoms with E-state index in [-0.39, 0.29) is 11.9 Å². The lowest BCUT2D eigenvalue weighted by Gasteiger charge is -2.16. The van der Waals surface area contributed by atoms with Crippen LogP contribution in [0.15, 0.2) is 48.8 Å². The molecule has 1 amide bonds. The second kappa shape index (κ2) is 8.22. The molecule has 4 rings (SSSR count). The number of rotatable bonds is 4. The third kappa shape index (κ3) is 4.01. The molecule has 8 heteroatoms. The van der Waals surface area contributed by atoms with Crippen LogP contribution in [0.1, 0.15) is 39.4 Å². The first-order valence-corrected chi connectivity index (χ1v) is 9.47. The van der Waals surface area contributed by atoms with Crippen molar-refractivity contribution in [1.29, 1.82) is 0 Å². The van der Waals surface area contributed by atoms with Crippen molar-refractivity contribution in [1.82, 2.24) is 25.1 Å². The minimum atomic E-state index is -0.462. The van der Waals surface area contributed by atoms with Gasteiger partial charge < -0.3 is 14.6 Å². The second-order valence-corrected chi connectivity index (χ2v) is 6.90. The van der Waals surface area contributed by atoms with Crippen LogP contribution < -0.4 is 5.32 Å². The Morgan fingerprint density at radius 1 is 1.10 bits per heavy atom. The summed E-state index contributed by atoms with van der Waals surface area (Å²) in [7, 11) is 1.32. The Kier molecular flexibility index (Phi) is 5.33. The van der Waals surface area contributed by atoms with Crippen molar-refractivity contribution >= 4 is 11.9 Å². The normalized spacial score (nSPS) is 15.8. The largest absolute Gasteiger partial charge is 0.465 e. The average Bonchev–Trinajstić information content (AvgIpc) is 3.08. The Morgan fingerprint density at radius 2 is 1.90 bits per heavy atom. The van der Waals surface area contributed by atoms with Gasteiger partial charge in [0.25, 0.3) is 5.91 Å². The molecule has 0 saturated heterocycles. The molecular weight excluding hydrogens is 370 g/mol. The van der Waals surface area contributed by atoms with E-state index in [1.54, 1.807) is 36.7 Å². The highest BCUT2D eigenvalue weighted by Gasteiger charge is 2.22. The summed E-state index contributed by atoms with van der Waals surface area (Å²) in [6.45, 7) is 0.715. The minimum Gasteiger partial charge on any atom is -0.465 e. The fourth-order valence-electron chi connectivity index (χ4n) is 3.52. The Morgan fingerprint density at radius 3 is 2.69 bits per heavy atom. The molecule has 2 aromatic heterocycles. The fourth-order valence-corrected chi connectivity index (χ4v) is 3.52. The Hall–Kier alpha value is -3.55. The molecule has 148 valence electrons. The van der Waals surface area contributed by atoms with Crippen LogP contribution >= 0.6 is 0 Å². The minimum absolute atomic E-state index is 0.0104. The average molecular weight is 391 g/mol. The number of hydrogen-bond acceptors (Lipinski definition) is 6. The smallest absolute Gasteiger partial charge is 0.337 e. The SMILES string of the molecule is COC(=O)c1cccc(C(=O)NC2CCc3nnc(-c4ccncc4)n3CC2)c1. The van der Waals surface area contributed by atoms with Crippen LogP contribution in [0.25, 0.3) is 11.4 Å². The maximum Gasteiger partial charge on any atom is 0.337 e. The number of esters is 1. The number of methoxy groups -OCH3 is 1. The number of nitrogens with zero attached hydrogens (tertiary/aromatic N) is 4. The number of fused-ring (bicyclic) bond motifs is 1. The molecule has 3 aromatic rings. The number of benzene rings is 1. The zero-order valence-electron chi connectivity index (χ0n) is 16.0. The van der Waals surface area contributed by atoms with Gasteiger partial charge in [-0.05, 0) is 43.2 Å². The summed E-state index contributed by atoms with van der Waals surface area (Å²) in [6, 6.07) is 10.4. The van der Waals surface area contributed by atoms with Crippen LogP contribution in [0.4, 0.5) is 0 Å². The van der Waals surface area contributed by atoms with Crippen LogP contribution in [0.3, 0.4) is 0 Å². The van der Waals surface area contributed by atoms with Crippen LogP contribution in [0.5, 0.6) is 0 Å². The number of carbonyl (C=O) groups is 2. The Labute approximate surface area is 167 Å². The molecular formula is C21H21N5O3. The van der Waals surface area contributed by atoms with Crippen molar-refractivity contribution < 1.29 is 14.3 Å². The van der Waals surface area contributed by atoms with Gasteiger partial charge in [-0.1, -0.05) is 6.07 Å². The number of ether oxygens (including phenoxy) is 1. The molecule has 0 fully saturated rings. The molecule has 8 nitrogen and oxygen atoms in total. The number of aryl methyl sites for hydroxylation is 1. The van der Waals surface area contributed by atoms with Gasteiger partial charge in [0, 0.05) is 42.5 Å². The number of pyridine rings is 1. The fraction of sp³-hybridized carbons (Fsp3) is 0.286. The lowest BCUT2D eigenvalue weighted by molar-refractivity contribution is 0.0600. The van der Waals surface area contributed by atoms with E-state index in [9.17, 15) is 9.59 Å². The van der Waals surface area contributed by atoms with Crippen molar-refractivity contribution in [2.75, 3.05) is 7.11 Å². The van der Waals surface area contributed by atoms with E-state index in [0.717, 1.165) is 36.5 Å². The molecule has 1 aromatic carbocycles. The zero-order valence-corrected chi connectivity index (χ0v) is 16.0. The summed E-state index contributed by atoms with van der Waals surface area (Å²) >= 11 is 0. The number of aromatic nitrogens is 4. The standard InChI is InChI=1S/C21H21N5O3/c1-29-21(28)16-4-2-3-15(13-16)20(27)23-17-5-6-18-24-25-19(26(18)12-9-17)14-7-10-22-11-8-14/h2-4,7-8,10-11,13,17H,5-6,9,12H2,1H3,(H,23,27). The third-order valence-corrected chi connectivity index (χ3v) is 5.06. The van der Waals surface area contributed by atoms with Crippen molar-refractivity contribution in [3.63, 3.8) is 0 Å². The van der Waals surface area contributed by atoms with Crippen molar-refractivity contribution in [2.24, 2.45) is 0 Å². The van der Waals surface area contributed by atoms with Gasteiger partial charge in [-0.2, -0.15) is 0 Å². The first kappa shape index (κ1) is 18.8. The molecule has 0 aliphatic carbocycles. The molecule has 0 spiro atoms. The van der Waals surface area contributed by atoms with Gasteiger partial charge in [0.15, 0.2) is 5.82 Å². The Balaban J connectivity index is 1.45. The number of hydrogen-bond donors (Lipinski definition) is 1. The maximum absolute atomic E-state index is 12.7. The highest BCUT2D eigenvalue weighted by Crippen LogP contribution is 2.22. The van der Waals surface area contributed by atoms with Gasteiger partial charge >= 0.3 is 5.97 Å². The molecule has 1 unspecified atom stereocenters. The molecule has 1 aliphatic rings. The molecule has 29 heavy (non-hydrogen) atoms. The van der Waals surface area contributed by atoms with Gasteiger partial charge in [-0.3, -0.25) is 9.78 Å². The third-order valence-electron chi connectivity index (χ3n) is 5.06. The summed E-state index contributed by atoms with van der Waals surface area (Å²) in [4.78, 5) is 28.4. The zero-order chi connectivity index (χ0) is 20.2. The lowest BCUT2D eigenvalue weighted by atomic mass is 10.1. The second-order valence-electron chi connectivity index (χ2n) is 6.90. The summed E-state index contributed by atoms with van der Waals surface area (Å²) in [6.07, 6.45) is 5.74. The highest BCUT2D eigenvalue weighted by molar-refractivity contribution is 5.98. The van der Waals surface area contributed by atoms with Gasteiger partial charge in [0.2, 0.25) is 0 Å². The van der Waals surface area contributed by atoms with Crippen molar-refractivity contribution in [3.8, 4) is 11.4 Å². The number of nitrogens with one attached hydrogen (secondary N) is 1. The highest BCUT2D eigenvalue weighted by atomic mass is 16.5. The number of amides is 1. The summed E-state index contributed by atoms with van der Waals surface area (Å²) in [5, 5.41) is 11.7. The molecule has 0 radical (unpaired) electrons. The Bertz CT molecular complexity index is 1030. The number of carbonyl (C=O) groups excluding carboxylic acids is 2. The van der Waals surface area contributed by atoms with E-state index in [1.165, 1.54) is 7.11 Å². The molecule has 1 atom stereocenters. The van der Waals surface area contributed by atoms with E-state index in [4.69, 9.17) is 4.74 Å². The van der Waals surface area contributed by atoms with Crippen LogP contribution in [0, 0.1) is 0 Å². The topological polar surface area (TPSA) is 99.0 Å². The molecule has 1 aliphatic heterocycles. The summed E-state index contributed by atoms with van der Waals surface area (Å²) < 4.78 is 6.83. The van der Waals surface area contributed by atoms with E-state index < -0.39 is 5.97 Å². The predicted octanol–water partition coefficient (Wildman–Crippen LogP) is 2.26. The molecule has 1 N–H and O–H groups in total. The first-order valence-electron chi connectivity index (χ1n) is 9.47. The van der Waals surface area contributed by atoms with Crippen molar-refractivity contribution in [2.45, 2.75) is 31.8 Å². The van der Waals surface area contributed by atoms with Gasteiger partial charge in [-0.15, -0.1) is 10.2 Å². The van der Waals surface area contributed by atoms with Gasteiger partial charge in [-0.25, -0.2) is 4.79 Å². The van der Waals surface area contributed by atoms with E-state index in [2.05, 4.69) is 25.1 Å². The van der Waals surface area contributed by atoms with E-state index in [0.29, 0.717) is 17.7 Å². The van der Waals surface area contributed by atoms with Crippen LogP contribution in [-0.2, 0) is 17.7 Å². The van der Waals surface area contributed by atoms with Gasteiger partial charge in [0.05, 0.1) is 12.7 Å². The monoisotopic (exact) mass is 391 g/mol. The van der Waals surface area contributed by atoms with Crippen molar-refractivity contribution in [3.05, 3.63) is 65.7 Å². The summed E-state index contributed by atoms with van der Waals surface area (Å²) in [5.74, 6) is 1.07. The van der Waals surface area contributed by atoms with E-state index >= 15 is 0 Å². The van der Waals surface area contributed by atoms with E-state index in [1.807, 2.05) is 12.1 Å². The molecule has 0 bridgehead atoms. The van der Waals surface area contributed by atoms with Crippen LogP contribution in [-0.4, -0.2) is 44.8 Å². The lowest BCUT2D eigenvalue weighted by Crippen LogP contribution is -2.35.